The summed E-state index contributed by atoms with van der Waals surface area (Å²) in [5, 5.41) is 0. The quantitative estimate of drug-likeness (QED) is 0.697. The van der Waals surface area contributed by atoms with E-state index in [2.05, 4.69) is 16.8 Å². The van der Waals surface area contributed by atoms with Gasteiger partial charge in [0.05, 0.1) is 17.9 Å². The summed E-state index contributed by atoms with van der Waals surface area (Å²) in [6.07, 6.45) is 0. The van der Waals surface area contributed by atoms with Gasteiger partial charge in [0.1, 0.15) is 11.4 Å². The number of hydrogen-bond acceptors (Lipinski definition) is 5. The Labute approximate surface area is 183 Å². The Bertz CT molecular complexity index is 1030. The first kappa shape index (κ1) is 21.1. The molecule has 0 aliphatic carbocycles. The van der Waals surface area contributed by atoms with E-state index in [0.717, 1.165) is 35.5 Å². The molecule has 162 valence electrons. The Morgan fingerprint density at radius 2 is 1.55 bits per heavy atom. The molecule has 1 saturated heterocycles. The largest absolute Gasteiger partial charge is 0.494 e. The number of benzene rings is 2. The number of carbonyl (C=O) groups excluding carboxylic acids is 2. The number of ether oxygens (including phenoxy) is 1. The van der Waals surface area contributed by atoms with Crippen molar-refractivity contribution in [3.8, 4) is 5.75 Å². The third-order valence-electron chi connectivity index (χ3n) is 6.08. The predicted octanol–water partition coefficient (Wildman–Crippen LogP) is 3.23. The van der Waals surface area contributed by atoms with Crippen LogP contribution >= 0.6 is 0 Å². The lowest BCUT2D eigenvalue weighted by atomic mass is 10.0. The minimum atomic E-state index is -0.272. The number of carbonyl (C=O) groups is 2. The summed E-state index contributed by atoms with van der Waals surface area (Å²) in [7, 11) is 2.07. The molecule has 0 unspecified atom stereocenters. The summed E-state index contributed by atoms with van der Waals surface area (Å²) in [5.41, 5.74) is 4.50. The molecule has 0 aromatic heterocycles. The summed E-state index contributed by atoms with van der Waals surface area (Å²) in [6.45, 7) is 9.65. The number of likely N-dealkylation sites (N-methyl/N-ethyl adjacent to an activating group) is 1. The Morgan fingerprint density at radius 1 is 0.871 bits per heavy atom. The summed E-state index contributed by atoms with van der Waals surface area (Å²) < 4.78 is 5.55. The lowest BCUT2D eigenvalue weighted by Crippen LogP contribution is -2.46. The number of anilines is 1. The SMILES string of the molecule is CCOc1ccc(C2=C(N3CCN(C)CC3)C(=O)N(c3ccc(C)c(C)c3)C2=O)cc1. The van der Waals surface area contributed by atoms with Crippen molar-refractivity contribution in [3.63, 3.8) is 0 Å². The predicted molar refractivity (Wildman–Crippen MR) is 122 cm³/mol. The Balaban J connectivity index is 1.78. The Kier molecular flexibility index (Phi) is 5.83. The molecule has 1 fully saturated rings. The van der Waals surface area contributed by atoms with E-state index in [0.29, 0.717) is 36.7 Å². The summed E-state index contributed by atoms with van der Waals surface area (Å²) in [6, 6.07) is 13.1. The molecule has 2 heterocycles. The van der Waals surface area contributed by atoms with Gasteiger partial charge in [-0.05, 0) is 68.8 Å². The highest BCUT2D eigenvalue weighted by Crippen LogP contribution is 2.36. The molecule has 0 radical (unpaired) electrons. The van der Waals surface area contributed by atoms with Crippen LogP contribution in [0.5, 0.6) is 5.75 Å². The summed E-state index contributed by atoms with van der Waals surface area (Å²) in [5.74, 6) is 0.226. The molecule has 0 saturated carbocycles. The summed E-state index contributed by atoms with van der Waals surface area (Å²) in [4.78, 5) is 32.9. The van der Waals surface area contributed by atoms with Gasteiger partial charge in [-0.25, -0.2) is 4.90 Å². The third kappa shape index (κ3) is 3.95. The van der Waals surface area contributed by atoms with Crippen LogP contribution in [0.2, 0.25) is 0 Å². The second kappa shape index (κ2) is 8.55. The van der Waals surface area contributed by atoms with Gasteiger partial charge in [-0.15, -0.1) is 0 Å². The minimum absolute atomic E-state index is 0.248. The highest BCUT2D eigenvalue weighted by Gasteiger charge is 2.43. The maximum absolute atomic E-state index is 13.6. The van der Waals surface area contributed by atoms with E-state index in [-0.39, 0.29) is 11.8 Å². The van der Waals surface area contributed by atoms with Gasteiger partial charge in [-0.2, -0.15) is 0 Å². The zero-order valence-electron chi connectivity index (χ0n) is 18.6. The Hall–Kier alpha value is -3.12. The van der Waals surface area contributed by atoms with E-state index in [9.17, 15) is 9.59 Å². The van der Waals surface area contributed by atoms with E-state index >= 15 is 0 Å². The van der Waals surface area contributed by atoms with Crippen LogP contribution in [0.1, 0.15) is 23.6 Å². The van der Waals surface area contributed by atoms with Crippen LogP contribution in [0.15, 0.2) is 48.2 Å². The fourth-order valence-electron chi connectivity index (χ4n) is 4.09. The number of nitrogens with zero attached hydrogens (tertiary/aromatic N) is 3. The van der Waals surface area contributed by atoms with Gasteiger partial charge in [-0.3, -0.25) is 9.59 Å². The van der Waals surface area contributed by atoms with Crippen molar-refractivity contribution in [1.29, 1.82) is 0 Å². The fourth-order valence-corrected chi connectivity index (χ4v) is 4.09. The van der Waals surface area contributed by atoms with Crippen molar-refractivity contribution in [1.82, 2.24) is 9.80 Å². The normalized spacial score (nSPS) is 17.7. The lowest BCUT2D eigenvalue weighted by Gasteiger charge is -2.34. The van der Waals surface area contributed by atoms with Gasteiger partial charge < -0.3 is 14.5 Å². The molecule has 2 aromatic carbocycles. The molecule has 0 N–H and O–H groups in total. The molecule has 0 atom stereocenters. The summed E-state index contributed by atoms with van der Waals surface area (Å²) >= 11 is 0. The molecule has 0 bridgehead atoms. The maximum atomic E-state index is 13.6. The second-order valence-electron chi connectivity index (χ2n) is 8.19. The first-order valence-corrected chi connectivity index (χ1v) is 10.8. The van der Waals surface area contributed by atoms with Gasteiger partial charge in [0.15, 0.2) is 0 Å². The van der Waals surface area contributed by atoms with Gasteiger partial charge in [0.2, 0.25) is 0 Å². The van der Waals surface area contributed by atoms with Crippen LogP contribution in [-0.2, 0) is 9.59 Å². The highest BCUT2D eigenvalue weighted by molar-refractivity contribution is 6.45. The molecular weight excluding hydrogens is 390 g/mol. The second-order valence-corrected chi connectivity index (χ2v) is 8.19. The smallest absolute Gasteiger partial charge is 0.282 e. The zero-order chi connectivity index (χ0) is 22.1. The molecule has 2 amide bonds. The highest BCUT2D eigenvalue weighted by atomic mass is 16.5. The van der Waals surface area contributed by atoms with E-state index in [1.807, 2.05) is 63.2 Å². The van der Waals surface area contributed by atoms with Crippen molar-refractivity contribution in [2.45, 2.75) is 20.8 Å². The molecule has 6 nitrogen and oxygen atoms in total. The van der Waals surface area contributed by atoms with E-state index in [1.165, 1.54) is 4.90 Å². The molecule has 0 spiro atoms. The van der Waals surface area contributed by atoms with Crippen LogP contribution in [0.4, 0.5) is 5.69 Å². The number of amides is 2. The molecular formula is C25H29N3O3. The zero-order valence-corrected chi connectivity index (χ0v) is 18.6. The average Bonchev–Trinajstić information content (AvgIpc) is 3.02. The number of piperazine rings is 1. The molecule has 6 heteroatoms. The topological polar surface area (TPSA) is 53.1 Å². The Morgan fingerprint density at radius 3 is 2.16 bits per heavy atom. The van der Waals surface area contributed by atoms with E-state index in [1.54, 1.807) is 0 Å². The van der Waals surface area contributed by atoms with E-state index in [4.69, 9.17) is 4.74 Å². The molecule has 2 aliphatic heterocycles. The van der Waals surface area contributed by atoms with Crippen molar-refractivity contribution < 1.29 is 14.3 Å². The third-order valence-corrected chi connectivity index (χ3v) is 6.08. The molecule has 4 rings (SSSR count). The van der Waals surface area contributed by atoms with Crippen LogP contribution < -0.4 is 9.64 Å². The van der Waals surface area contributed by atoms with Crippen molar-refractivity contribution in [2.24, 2.45) is 0 Å². The number of imide groups is 1. The number of hydrogen-bond donors (Lipinski definition) is 0. The molecule has 2 aliphatic rings. The molecule has 2 aromatic rings. The minimum Gasteiger partial charge on any atom is -0.494 e. The van der Waals surface area contributed by atoms with Crippen LogP contribution in [-0.4, -0.2) is 61.4 Å². The first-order chi connectivity index (χ1) is 14.9. The molecule has 31 heavy (non-hydrogen) atoms. The van der Waals surface area contributed by atoms with Crippen LogP contribution in [0.25, 0.3) is 5.57 Å². The number of aryl methyl sites for hydroxylation is 2. The number of rotatable bonds is 5. The van der Waals surface area contributed by atoms with E-state index < -0.39 is 0 Å². The lowest BCUT2D eigenvalue weighted by molar-refractivity contribution is -0.120. The standard InChI is InChI=1S/C25H29N3O3/c1-5-31-21-10-7-19(8-11-21)22-23(27-14-12-26(4)13-15-27)25(30)28(24(22)29)20-9-6-17(2)18(3)16-20/h6-11,16H,5,12-15H2,1-4H3. The van der Waals surface area contributed by atoms with Gasteiger partial charge in [-0.1, -0.05) is 18.2 Å². The van der Waals surface area contributed by atoms with Crippen LogP contribution in [0.3, 0.4) is 0 Å². The maximum Gasteiger partial charge on any atom is 0.282 e. The van der Waals surface area contributed by atoms with Crippen molar-refractivity contribution in [3.05, 3.63) is 64.9 Å². The van der Waals surface area contributed by atoms with Gasteiger partial charge >= 0.3 is 0 Å². The monoisotopic (exact) mass is 419 g/mol. The van der Waals surface area contributed by atoms with Gasteiger partial charge in [0, 0.05) is 26.2 Å². The van der Waals surface area contributed by atoms with Crippen molar-refractivity contribution in [2.75, 3.05) is 44.7 Å². The van der Waals surface area contributed by atoms with Crippen LogP contribution in [0, 0.1) is 13.8 Å². The van der Waals surface area contributed by atoms with Gasteiger partial charge in [0.25, 0.3) is 11.8 Å². The average molecular weight is 420 g/mol. The fraction of sp³-hybridized carbons (Fsp3) is 0.360. The first-order valence-electron chi connectivity index (χ1n) is 10.8. The van der Waals surface area contributed by atoms with Crippen molar-refractivity contribution >= 4 is 23.1 Å².